The van der Waals surface area contributed by atoms with Crippen LogP contribution in [0.2, 0.25) is 5.02 Å². The smallest absolute Gasteiger partial charge is 0.345 e. The van der Waals surface area contributed by atoms with Gasteiger partial charge in [-0.3, -0.25) is 14.3 Å². The minimum atomic E-state index is -2.81. The second kappa shape index (κ2) is 9.11. The van der Waals surface area contributed by atoms with Crippen LogP contribution in [-0.2, 0) is 22.6 Å². The van der Waals surface area contributed by atoms with E-state index in [1.165, 1.54) is 18.2 Å². The second-order valence-corrected chi connectivity index (χ2v) is 8.50. The van der Waals surface area contributed by atoms with Gasteiger partial charge in [0, 0.05) is 18.5 Å². The molecule has 0 bridgehead atoms. The number of rotatable bonds is 7. The molecular weight excluding hydrogens is 449 g/mol. The van der Waals surface area contributed by atoms with E-state index < -0.39 is 18.3 Å². The van der Waals surface area contributed by atoms with Crippen LogP contribution >= 0.6 is 11.6 Å². The minimum absolute atomic E-state index is 0.000570. The number of fused-ring (bicyclic) bond motifs is 1. The molecule has 0 saturated heterocycles. The first kappa shape index (κ1) is 22.6. The van der Waals surface area contributed by atoms with Gasteiger partial charge < -0.3 is 15.4 Å². The summed E-state index contributed by atoms with van der Waals surface area (Å²) in [5, 5.41) is 4.35. The van der Waals surface area contributed by atoms with Crippen LogP contribution in [0, 0.1) is 17.7 Å². The first-order valence-electron chi connectivity index (χ1n) is 10.3. The number of amides is 2. The zero-order valence-corrected chi connectivity index (χ0v) is 17.8. The van der Waals surface area contributed by atoms with Crippen LogP contribution < -0.4 is 5.73 Å². The van der Waals surface area contributed by atoms with E-state index in [1.54, 1.807) is 9.58 Å². The van der Waals surface area contributed by atoms with E-state index >= 15 is 0 Å². The van der Waals surface area contributed by atoms with E-state index in [1.807, 2.05) is 0 Å². The van der Waals surface area contributed by atoms with E-state index in [0.29, 0.717) is 24.3 Å². The van der Waals surface area contributed by atoms with Gasteiger partial charge in [-0.15, -0.1) is 0 Å². The van der Waals surface area contributed by atoms with E-state index in [-0.39, 0.29) is 53.6 Å². The van der Waals surface area contributed by atoms with Crippen LogP contribution in [0.4, 0.5) is 13.2 Å². The number of halogens is 4. The van der Waals surface area contributed by atoms with Gasteiger partial charge in [0.15, 0.2) is 0 Å². The maximum Gasteiger partial charge on any atom is 0.345 e. The Morgan fingerprint density at radius 1 is 1.25 bits per heavy atom. The van der Waals surface area contributed by atoms with Gasteiger partial charge in [-0.25, -0.2) is 4.39 Å². The molecule has 4 rings (SSSR count). The number of alkyl halides is 2. The quantitative estimate of drug-likeness (QED) is 0.671. The van der Waals surface area contributed by atoms with Crippen molar-refractivity contribution in [2.75, 3.05) is 13.2 Å². The van der Waals surface area contributed by atoms with Crippen molar-refractivity contribution in [3.05, 3.63) is 40.3 Å². The SMILES string of the molecule is NC(=O)c1c(-c2ccc(F)c(Cl)c2)nn2c1CN(C(=O)C[C@@H]1CCC1COC(F)F)CC2. The number of aromatic nitrogens is 2. The maximum atomic E-state index is 13.6. The largest absolute Gasteiger partial charge is 0.365 e. The van der Waals surface area contributed by atoms with Gasteiger partial charge in [0.1, 0.15) is 11.5 Å². The zero-order valence-electron chi connectivity index (χ0n) is 17.1. The Balaban J connectivity index is 1.51. The number of hydrogen-bond acceptors (Lipinski definition) is 4. The number of carbonyl (C=O) groups is 2. The number of carbonyl (C=O) groups excluding carboxylic acids is 2. The highest BCUT2D eigenvalue weighted by Gasteiger charge is 2.36. The molecular formula is C21H22ClF3N4O3. The molecule has 0 radical (unpaired) electrons. The van der Waals surface area contributed by atoms with Crippen molar-refractivity contribution >= 4 is 23.4 Å². The fourth-order valence-corrected chi connectivity index (χ4v) is 4.49. The average molecular weight is 471 g/mol. The Bertz CT molecular complexity index is 1050. The highest BCUT2D eigenvalue weighted by Crippen LogP contribution is 2.38. The molecule has 1 aromatic carbocycles. The van der Waals surface area contributed by atoms with Gasteiger partial charge >= 0.3 is 6.61 Å². The van der Waals surface area contributed by atoms with Gasteiger partial charge in [0.2, 0.25) is 5.91 Å². The molecule has 2 atom stereocenters. The average Bonchev–Trinajstić information content (AvgIpc) is 3.11. The maximum absolute atomic E-state index is 13.6. The van der Waals surface area contributed by atoms with Gasteiger partial charge in [-0.1, -0.05) is 11.6 Å². The monoisotopic (exact) mass is 470 g/mol. The van der Waals surface area contributed by atoms with Crippen LogP contribution in [0.5, 0.6) is 0 Å². The molecule has 1 fully saturated rings. The number of nitrogens with two attached hydrogens (primary N) is 1. The molecule has 2 N–H and O–H groups in total. The Labute approximate surface area is 187 Å². The summed E-state index contributed by atoms with van der Waals surface area (Å²) in [7, 11) is 0. The standard InChI is InChI=1S/C21H22ClF3N4O3/c22-14-7-12(3-4-15(14)23)19-18(20(26)31)16-9-28(5-6-29(16)27-19)17(30)8-11-1-2-13(11)10-32-21(24)25/h3-4,7,11,13,21H,1-2,5-6,8-10H2,(H2,26,31)/t11-,13?/m0/s1. The minimum Gasteiger partial charge on any atom is -0.365 e. The van der Waals surface area contributed by atoms with Crippen molar-refractivity contribution in [3.8, 4) is 11.3 Å². The van der Waals surface area contributed by atoms with Crippen LogP contribution in [0.1, 0.15) is 35.3 Å². The number of benzene rings is 1. The molecule has 2 amide bonds. The third-order valence-corrected chi connectivity index (χ3v) is 6.51. The third-order valence-electron chi connectivity index (χ3n) is 6.22. The summed E-state index contributed by atoms with van der Waals surface area (Å²) >= 11 is 5.88. The number of primary amides is 1. The lowest BCUT2D eigenvalue weighted by atomic mass is 9.72. The van der Waals surface area contributed by atoms with Gasteiger partial charge in [-0.05, 0) is 42.9 Å². The van der Waals surface area contributed by atoms with Crippen molar-refractivity contribution in [2.45, 2.75) is 39.0 Å². The van der Waals surface area contributed by atoms with Crippen molar-refractivity contribution in [1.82, 2.24) is 14.7 Å². The molecule has 1 aromatic heterocycles. The normalized spacial score (nSPS) is 20.2. The van der Waals surface area contributed by atoms with Crippen molar-refractivity contribution in [2.24, 2.45) is 17.6 Å². The Hall–Kier alpha value is -2.59. The lowest BCUT2D eigenvalue weighted by molar-refractivity contribution is -0.153. The summed E-state index contributed by atoms with van der Waals surface area (Å²) in [5.41, 5.74) is 7.01. The molecule has 2 heterocycles. The molecule has 11 heteroatoms. The molecule has 1 aliphatic heterocycles. The fraction of sp³-hybridized carbons (Fsp3) is 0.476. The highest BCUT2D eigenvalue weighted by atomic mass is 35.5. The Morgan fingerprint density at radius 2 is 2.00 bits per heavy atom. The summed E-state index contributed by atoms with van der Waals surface area (Å²) in [5.74, 6) is -1.48. The van der Waals surface area contributed by atoms with Crippen molar-refractivity contribution < 1.29 is 27.5 Å². The predicted octanol–water partition coefficient (Wildman–Crippen LogP) is 3.44. The summed E-state index contributed by atoms with van der Waals surface area (Å²) in [6.07, 6.45) is 1.78. The first-order chi connectivity index (χ1) is 15.2. The van der Waals surface area contributed by atoms with E-state index in [2.05, 4.69) is 9.84 Å². The first-order valence-corrected chi connectivity index (χ1v) is 10.6. The lowest BCUT2D eigenvalue weighted by Gasteiger charge is -2.37. The van der Waals surface area contributed by atoms with Crippen LogP contribution in [0.3, 0.4) is 0 Å². The third kappa shape index (κ3) is 4.47. The van der Waals surface area contributed by atoms with E-state index in [4.69, 9.17) is 17.3 Å². The van der Waals surface area contributed by atoms with E-state index in [9.17, 15) is 22.8 Å². The molecule has 1 saturated carbocycles. The molecule has 32 heavy (non-hydrogen) atoms. The number of ether oxygens (including phenoxy) is 1. The predicted molar refractivity (Wildman–Crippen MR) is 109 cm³/mol. The summed E-state index contributed by atoms with van der Waals surface area (Å²) in [6, 6.07) is 4.02. The van der Waals surface area contributed by atoms with Gasteiger partial charge in [-0.2, -0.15) is 13.9 Å². The molecule has 1 aliphatic carbocycles. The number of nitrogens with zero attached hydrogens (tertiary/aromatic N) is 3. The zero-order chi connectivity index (χ0) is 23.0. The molecule has 1 unspecified atom stereocenters. The topological polar surface area (TPSA) is 90.5 Å². The number of hydrogen-bond donors (Lipinski definition) is 1. The summed E-state index contributed by atoms with van der Waals surface area (Å²) in [6.45, 7) is -1.98. The lowest BCUT2D eigenvalue weighted by Crippen LogP contribution is -2.42. The van der Waals surface area contributed by atoms with Crippen LogP contribution in [0.15, 0.2) is 18.2 Å². The Morgan fingerprint density at radius 3 is 2.62 bits per heavy atom. The summed E-state index contributed by atoms with van der Waals surface area (Å²) < 4.78 is 44.1. The van der Waals surface area contributed by atoms with Gasteiger partial charge in [0.25, 0.3) is 5.91 Å². The van der Waals surface area contributed by atoms with Crippen LogP contribution in [-0.4, -0.2) is 46.3 Å². The van der Waals surface area contributed by atoms with Crippen molar-refractivity contribution in [1.29, 1.82) is 0 Å². The van der Waals surface area contributed by atoms with E-state index in [0.717, 1.165) is 12.8 Å². The summed E-state index contributed by atoms with van der Waals surface area (Å²) in [4.78, 5) is 26.7. The molecule has 2 aliphatic rings. The molecule has 2 aromatic rings. The molecule has 0 spiro atoms. The molecule has 7 nitrogen and oxygen atoms in total. The van der Waals surface area contributed by atoms with Crippen LogP contribution in [0.25, 0.3) is 11.3 Å². The molecule has 172 valence electrons. The highest BCUT2D eigenvalue weighted by molar-refractivity contribution is 6.31. The fourth-order valence-electron chi connectivity index (χ4n) is 4.31. The second-order valence-electron chi connectivity index (χ2n) is 8.10. The van der Waals surface area contributed by atoms with Crippen molar-refractivity contribution in [3.63, 3.8) is 0 Å². The Kier molecular flexibility index (Phi) is 6.43. The van der Waals surface area contributed by atoms with Gasteiger partial charge in [0.05, 0.1) is 36.0 Å².